The summed E-state index contributed by atoms with van der Waals surface area (Å²) in [4.78, 5) is 19.8. The maximum Gasteiger partial charge on any atom is 0.269 e. The topological polar surface area (TPSA) is 101 Å². The zero-order valence-corrected chi connectivity index (χ0v) is 17.5. The lowest BCUT2D eigenvalue weighted by Gasteiger charge is -2.33. The van der Waals surface area contributed by atoms with Crippen molar-refractivity contribution in [1.29, 1.82) is 0 Å². The first kappa shape index (κ1) is 19.7. The standard InChI is InChI=1S/C21H20N6O3S/c28-27(29)16-7-5-15(6-8-16)21-24-23-19(30-21)13-25-9-11-26(12-10-25)14-20-22-17-3-1-2-4-18(17)31-20/h1-8H,9-14H2. The monoisotopic (exact) mass is 436 g/mol. The van der Waals surface area contributed by atoms with Gasteiger partial charge in [-0.2, -0.15) is 0 Å². The maximum absolute atomic E-state index is 10.8. The van der Waals surface area contributed by atoms with Crippen LogP contribution < -0.4 is 0 Å². The Labute approximate surface area is 182 Å². The Morgan fingerprint density at radius 1 is 0.968 bits per heavy atom. The number of piperazine rings is 1. The van der Waals surface area contributed by atoms with Crippen LogP contribution in [-0.4, -0.2) is 56.1 Å². The highest BCUT2D eigenvalue weighted by Crippen LogP contribution is 2.24. The van der Waals surface area contributed by atoms with Gasteiger partial charge in [0.25, 0.3) is 5.69 Å². The minimum atomic E-state index is -0.431. The van der Waals surface area contributed by atoms with Crippen LogP contribution in [0, 0.1) is 10.1 Å². The second-order valence-electron chi connectivity index (χ2n) is 7.43. The maximum atomic E-state index is 10.8. The molecule has 0 N–H and O–H groups in total. The predicted molar refractivity (Wildman–Crippen MR) is 117 cm³/mol. The molecule has 0 saturated carbocycles. The normalized spacial score (nSPS) is 15.5. The highest BCUT2D eigenvalue weighted by molar-refractivity contribution is 7.18. The molecule has 0 atom stereocenters. The number of non-ortho nitro benzene ring substituents is 1. The Morgan fingerprint density at radius 3 is 2.39 bits per heavy atom. The van der Waals surface area contributed by atoms with E-state index in [-0.39, 0.29) is 5.69 Å². The number of aromatic nitrogens is 3. The van der Waals surface area contributed by atoms with E-state index in [4.69, 9.17) is 9.40 Å². The summed E-state index contributed by atoms with van der Waals surface area (Å²) in [6.45, 7) is 5.21. The lowest BCUT2D eigenvalue weighted by atomic mass is 10.2. The largest absolute Gasteiger partial charge is 0.419 e. The first-order valence-corrected chi connectivity index (χ1v) is 10.8. The highest BCUT2D eigenvalue weighted by atomic mass is 32.1. The van der Waals surface area contributed by atoms with Crippen molar-refractivity contribution in [3.05, 3.63) is 69.5 Å². The molecular formula is C21H20N6O3S. The number of hydrogen-bond acceptors (Lipinski definition) is 9. The molecule has 1 saturated heterocycles. The van der Waals surface area contributed by atoms with E-state index < -0.39 is 4.92 Å². The lowest BCUT2D eigenvalue weighted by molar-refractivity contribution is -0.384. The van der Waals surface area contributed by atoms with Gasteiger partial charge in [0.05, 0.1) is 28.2 Å². The number of para-hydroxylation sites is 1. The van der Waals surface area contributed by atoms with E-state index >= 15 is 0 Å². The third-order valence-electron chi connectivity index (χ3n) is 5.31. The van der Waals surface area contributed by atoms with Crippen LogP contribution in [0.1, 0.15) is 10.9 Å². The molecule has 4 aromatic rings. The van der Waals surface area contributed by atoms with E-state index in [1.54, 1.807) is 23.5 Å². The zero-order chi connectivity index (χ0) is 21.2. The van der Waals surface area contributed by atoms with Crippen LogP contribution in [-0.2, 0) is 13.1 Å². The first-order chi connectivity index (χ1) is 15.1. The SMILES string of the molecule is O=[N+]([O-])c1ccc(-c2nnc(CN3CCN(Cc4nc5ccccc5s4)CC3)o2)cc1. The summed E-state index contributed by atoms with van der Waals surface area (Å²) in [6, 6.07) is 14.4. The highest BCUT2D eigenvalue weighted by Gasteiger charge is 2.20. The lowest BCUT2D eigenvalue weighted by Crippen LogP contribution is -2.45. The molecule has 0 spiro atoms. The second-order valence-corrected chi connectivity index (χ2v) is 8.55. The fourth-order valence-corrected chi connectivity index (χ4v) is 4.65. The van der Waals surface area contributed by atoms with Crippen LogP contribution in [0.4, 0.5) is 5.69 Å². The molecule has 1 aliphatic rings. The second kappa shape index (κ2) is 8.50. The fraction of sp³-hybridized carbons (Fsp3) is 0.286. The molecule has 0 radical (unpaired) electrons. The van der Waals surface area contributed by atoms with E-state index in [0.29, 0.717) is 23.9 Å². The molecule has 2 aromatic carbocycles. The van der Waals surface area contributed by atoms with Gasteiger partial charge in [-0.3, -0.25) is 19.9 Å². The molecule has 1 fully saturated rings. The van der Waals surface area contributed by atoms with Gasteiger partial charge >= 0.3 is 0 Å². The van der Waals surface area contributed by atoms with Gasteiger partial charge < -0.3 is 4.42 Å². The van der Waals surface area contributed by atoms with Crippen LogP contribution in [0.5, 0.6) is 0 Å². The number of rotatable bonds is 6. The van der Waals surface area contributed by atoms with E-state index in [9.17, 15) is 10.1 Å². The van der Waals surface area contributed by atoms with Crippen molar-refractivity contribution in [2.24, 2.45) is 0 Å². The van der Waals surface area contributed by atoms with Crippen molar-refractivity contribution in [1.82, 2.24) is 25.0 Å². The molecule has 31 heavy (non-hydrogen) atoms. The van der Waals surface area contributed by atoms with Crippen LogP contribution >= 0.6 is 11.3 Å². The molecule has 158 valence electrons. The van der Waals surface area contributed by atoms with E-state index in [2.05, 4.69) is 32.1 Å². The van der Waals surface area contributed by atoms with Gasteiger partial charge in [0.2, 0.25) is 11.8 Å². The van der Waals surface area contributed by atoms with Gasteiger partial charge in [-0.05, 0) is 24.3 Å². The third-order valence-corrected chi connectivity index (χ3v) is 6.33. The molecule has 2 aromatic heterocycles. The van der Waals surface area contributed by atoms with Crippen molar-refractivity contribution >= 4 is 27.2 Å². The molecule has 0 bridgehead atoms. The Morgan fingerprint density at radius 2 is 1.68 bits per heavy atom. The number of fused-ring (bicyclic) bond motifs is 1. The molecule has 5 rings (SSSR count). The number of nitrogens with zero attached hydrogens (tertiary/aromatic N) is 6. The molecule has 1 aliphatic heterocycles. The molecule has 0 unspecified atom stereocenters. The van der Waals surface area contributed by atoms with E-state index in [0.717, 1.165) is 43.2 Å². The number of thiazole rings is 1. The summed E-state index contributed by atoms with van der Waals surface area (Å²) in [7, 11) is 0. The Bertz CT molecular complexity index is 1160. The van der Waals surface area contributed by atoms with Crippen LogP contribution in [0.2, 0.25) is 0 Å². The third kappa shape index (κ3) is 4.46. The summed E-state index contributed by atoms with van der Waals surface area (Å²) in [6.07, 6.45) is 0. The zero-order valence-electron chi connectivity index (χ0n) is 16.7. The van der Waals surface area contributed by atoms with Gasteiger partial charge in [-0.25, -0.2) is 4.98 Å². The number of nitro groups is 1. The average molecular weight is 436 g/mol. The molecule has 0 aliphatic carbocycles. The van der Waals surface area contributed by atoms with Gasteiger partial charge in [-0.1, -0.05) is 12.1 Å². The summed E-state index contributed by atoms with van der Waals surface area (Å²) in [5, 5.41) is 20.2. The Balaban J connectivity index is 1.15. The smallest absolute Gasteiger partial charge is 0.269 e. The van der Waals surface area contributed by atoms with Crippen molar-refractivity contribution in [2.45, 2.75) is 13.1 Å². The average Bonchev–Trinajstić information content (AvgIpc) is 3.41. The number of hydrogen-bond donors (Lipinski definition) is 0. The van der Waals surface area contributed by atoms with Crippen LogP contribution in [0.15, 0.2) is 52.9 Å². The van der Waals surface area contributed by atoms with Crippen LogP contribution in [0.25, 0.3) is 21.7 Å². The van der Waals surface area contributed by atoms with Crippen LogP contribution in [0.3, 0.4) is 0 Å². The first-order valence-electron chi connectivity index (χ1n) is 10.0. The molecular weight excluding hydrogens is 416 g/mol. The molecule has 3 heterocycles. The Kier molecular flexibility index (Phi) is 5.41. The quantitative estimate of drug-likeness (QED) is 0.334. The van der Waals surface area contributed by atoms with Crippen molar-refractivity contribution in [2.75, 3.05) is 26.2 Å². The predicted octanol–water partition coefficient (Wildman–Crippen LogP) is 3.57. The van der Waals surface area contributed by atoms with Gasteiger partial charge in [0.1, 0.15) is 5.01 Å². The number of nitro benzene ring substituents is 1. The minimum Gasteiger partial charge on any atom is -0.419 e. The van der Waals surface area contributed by atoms with Gasteiger partial charge in [-0.15, -0.1) is 21.5 Å². The minimum absolute atomic E-state index is 0.0345. The van der Waals surface area contributed by atoms with Crippen molar-refractivity contribution in [3.63, 3.8) is 0 Å². The van der Waals surface area contributed by atoms with Gasteiger partial charge in [0.15, 0.2) is 0 Å². The van der Waals surface area contributed by atoms with E-state index in [1.807, 2.05) is 12.1 Å². The number of benzene rings is 2. The molecule has 0 amide bonds. The molecule has 10 heteroatoms. The fourth-order valence-electron chi connectivity index (χ4n) is 3.64. The summed E-state index contributed by atoms with van der Waals surface area (Å²) >= 11 is 1.76. The van der Waals surface area contributed by atoms with E-state index in [1.165, 1.54) is 16.8 Å². The van der Waals surface area contributed by atoms with Crippen molar-refractivity contribution in [3.8, 4) is 11.5 Å². The van der Waals surface area contributed by atoms with Crippen molar-refractivity contribution < 1.29 is 9.34 Å². The van der Waals surface area contributed by atoms with Gasteiger partial charge in [0, 0.05) is 43.9 Å². The summed E-state index contributed by atoms with van der Waals surface area (Å²) in [5.41, 5.74) is 1.78. The summed E-state index contributed by atoms with van der Waals surface area (Å²) in [5.74, 6) is 0.923. The molecule has 9 nitrogen and oxygen atoms in total. The summed E-state index contributed by atoms with van der Waals surface area (Å²) < 4.78 is 7.01. The Hall–Kier alpha value is -3.21.